The number of nitrogens with zero attached hydrogens (tertiary/aromatic N) is 1. The molecule has 0 fully saturated rings. The number of thiophene rings is 1. The van der Waals surface area contributed by atoms with Crippen LogP contribution in [-0.4, -0.2) is 34.3 Å². The highest BCUT2D eigenvalue weighted by atomic mass is 32.1. The topological polar surface area (TPSA) is 86.7 Å². The number of aromatic carboxylic acids is 1. The Hall–Kier alpha value is -2.67. The predicted octanol–water partition coefficient (Wildman–Crippen LogP) is 2.43. The van der Waals surface area contributed by atoms with E-state index in [1.165, 1.54) is 22.6 Å². The molecule has 0 saturated carbocycles. The van der Waals surface area contributed by atoms with Gasteiger partial charge in [-0.1, -0.05) is 12.1 Å². The Morgan fingerprint density at radius 1 is 1.12 bits per heavy atom. The van der Waals surface area contributed by atoms with Crippen LogP contribution in [0.1, 0.15) is 39.2 Å². The van der Waals surface area contributed by atoms with Gasteiger partial charge in [0.1, 0.15) is 0 Å². The molecule has 136 valence electrons. The average molecular weight is 372 g/mol. The van der Waals surface area contributed by atoms with Gasteiger partial charge in [-0.2, -0.15) is 0 Å². The van der Waals surface area contributed by atoms with Gasteiger partial charge in [0, 0.05) is 37.4 Å². The highest BCUT2D eigenvalue weighted by Gasteiger charge is 2.21. The van der Waals surface area contributed by atoms with Crippen LogP contribution in [-0.2, 0) is 29.1 Å². The largest absolute Gasteiger partial charge is 0.478 e. The molecular formula is C19H20N2O4S. The van der Waals surface area contributed by atoms with E-state index in [-0.39, 0.29) is 30.2 Å². The molecule has 2 N–H and O–H groups in total. The Morgan fingerprint density at radius 3 is 2.62 bits per heavy atom. The summed E-state index contributed by atoms with van der Waals surface area (Å²) in [6, 6.07) is 8.40. The van der Waals surface area contributed by atoms with Crippen molar-refractivity contribution in [2.45, 2.75) is 32.4 Å². The van der Waals surface area contributed by atoms with Gasteiger partial charge in [0.15, 0.2) is 0 Å². The molecule has 6 nitrogen and oxygen atoms in total. The van der Waals surface area contributed by atoms with Crippen molar-refractivity contribution in [3.05, 3.63) is 57.3 Å². The summed E-state index contributed by atoms with van der Waals surface area (Å²) < 4.78 is 0. The van der Waals surface area contributed by atoms with Gasteiger partial charge in [-0.25, -0.2) is 4.79 Å². The minimum atomic E-state index is -0.980. The maximum absolute atomic E-state index is 12.3. The van der Waals surface area contributed by atoms with Gasteiger partial charge in [0.2, 0.25) is 11.8 Å². The minimum absolute atomic E-state index is 0.00260. The molecule has 0 aliphatic carbocycles. The Labute approximate surface area is 155 Å². The standard InChI is InChI=1S/C19H20N2O4S/c22-17(20-11-13-1-3-14(4-2-13)19(24)25)5-6-18(23)21-9-7-16-15(12-21)8-10-26-16/h1-4,8,10H,5-7,9,11-12H2,(H,20,22)(H,24,25). The first kappa shape index (κ1) is 18.1. The van der Waals surface area contributed by atoms with E-state index in [9.17, 15) is 14.4 Å². The predicted molar refractivity (Wildman–Crippen MR) is 97.9 cm³/mol. The first-order valence-corrected chi connectivity index (χ1v) is 9.33. The molecule has 0 saturated heterocycles. The van der Waals surface area contributed by atoms with Crippen LogP contribution >= 0.6 is 11.3 Å². The van der Waals surface area contributed by atoms with Crippen LogP contribution < -0.4 is 5.32 Å². The maximum atomic E-state index is 12.3. The molecule has 2 aromatic rings. The van der Waals surface area contributed by atoms with Crippen LogP contribution in [0, 0.1) is 0 Å². The van der Waals surface area contributed by atoms with Gasteiger partial charge in [-0.05, 0) is 41.1 Å². The number of hydrogen-bond acceptors (Lipinski definition) is 4. The third kappa shape index (κ3) is 4.49. The molecule has 0 atom stereocenters. The SMILES string of the molecule is O=C(CCC(=O)N1CCc2sccc2C1)NCc1ccc(C(=O)O)cc1. The van der Waals surface area contributed by atoms with E-state index in [1.54, 1.807) is 23.5 Å². The first-order chi connectivity index (χ1) is 12.5. The summed E-state index contributed by atoms with van der Waals surface area (Å²) >= 11 is 1.73. The quantitative estimate of drug-likeness (QED) is 0.815. The normalized spacial score (nSPS) is 13.2. The Bertz CT molecular complexity index is 813. The highest BCUT2D eigenvalue weighted by Crippen LogP contribution is 2.24. The van der Waals surface area contributed by atoms with Crippen LogP contribution in [0.15, 0.2) is 35.7 Å². The number of amides is 2. The molecule has 0 spiro atoms. The van der Waals surface area contributed by atoms with Crippen LogP contribution in [0.3, 0.4) is 0 Å². The van der Waals surface area contributed by atoms with Gasteiger partial charge in [0.25, 0.3) is 0 Å². The van der Waals surface area contributed by atoms with E-state index in [1.807, 2.05) is 4.90 Å². The number of rotatable bonds is 6. The third-order valence-corrected chi connectivity index (χ3v) is 5.44. The summed E-state index contributed by atoms with van der Waals surface area (Å²) in [7, 11) is 0. The Morgan fingerprint density at radius 2 is 1.88 bits per heavy atom. The zero-order chi connectivity index (χ0) is 18.5. The second-order valence-electron chi connectivity index (χ2n) is 6.21. The van der Waals surface area contributed by atoms with Gasteiger partial charge < -0.3 is 15.3 Å². The first-order valence-electron chi connectivity index (χ1n) is 8.45. The second-order valence-corrected chi connectivity index (χ2v) is 7.21. The van der Waals surface area contributed by atoms with E-state index < -0.39 is 5.97 Å². The van der Waals surface area contributed by atoms with Crippen molar-refractivity contribution in [1.29, 1.82) is 0 Å². The Balaban J connectivity index is 1.41. The number of carboxylic acids is 1. The lowest BCUT2D eigenvalue weighted by Crippen LogP contribution is -2.36. The van der Waals surface area contributed by atoms with Crippen molar-refractivity contribution in [1.82, 2.24) is 10.2 Å². The molecule has 3 rings (SSSR count). The molecular weight excluding hydrogens is 352 g/mol. The van der Waals surface area contributed by atoms with Crippen LogP contribution in [0.4, 0.5) is 0 Å². The van der Waals surface area contributed by atoms with E-state index >= 15 is 0 Å². The van der Waals surface area contributed by atoms with Crippen molar-refractivity contribution < 1.29 is 19.5 Å². The molecule has 1 aliphatic heterocycles. The van der Waals surface area contributed by atoms with Crippen LogP contribution in [0.25, 0.3) is 0 Å². The van der Waals surface area contributed by atoms with Crippen molar-refractivity contribution in [2.24, 2.45) is 0 Å². The number of hydrogen-bond donors (Lipinski definition) is 2. The summed E-state index contributed by atoms with van der Waals surface area (Å²) in [5.74, 6) is -1.16. The monoisotopic (exact) mass is 372 g/mol. The molecule has 2 heterocycles. The molecule has 2 amide bonds. The zero-order valence-electron chi connectivity index (χ0n) is 14.2. The van der Waals surface area contributed by atoms with E-state index in [4.69, 9.17) is 5.11 Å². The second kappa shape index (κ2) is 8.14. The summed E-state index contributed by atoms with van der Waals surface area (Å²) in [5, 5.41) is 13.7. The molecule has 26 heavy (non-hydrogen) atoms. The van der Waals surface area contributed by atoms with E-state index in [0.29, 0.717) is 19.6 Å². The van der Waals surface area contributed by atoms with Gasteiger partial charge in [-0.15, -0.1) is 11.3 Å². The van der Waals surface area contributed by atoms with E-state index in [2.05, 4.69) is 16.8 Å². The van der Waals surface area contributed by atoms with Gasteiger partial charge >= 0.3 is 5.97 Å². The van der Waals surface area contributed by atoms with Crippen molar-refractivity contribution in [3.63, 3.8) is 0 Å². The minimum Gasteiger partial charge on any atom is -0.478 e. The molecule has 1 aliphatic rings. The average Bonchev–Trinajstić information content (AvgIpc) is 3.12. The van der Waals surface area contributed by atoms with E-state index in [0.717, 1.165) is 12.0 Å². The van der Waals surface area contributed by atoms with Crippen molar-refractivity contribution in [2.75, 3.05) is 6.54 Å². The van der Waals surface area contributed by atoms with Crippen LogP contribution in [0.2, 0.25) is 0 Å². The fourth-order valence-corrected chi connectivity index (χ4v) is 3.78. The lowest BCUT2D eigenvalue weighted by atomic mass is 10.1. The van der Waals surface area contributed by atoms with Crippen molar-refractivity contribution >= 4 is 29.1 Å². The number of carbonyl (C=O) groups is 3. The Kier molecular flexibility index (Phi) is 5.68. The number of carboxylic acid groups (broad SMARTS) is 1. The lowest BCUT2D eigenvalue weighted by molar-refractivity contribution is -0.134. The molecule has 7 heteroatoms. The molecule has 0 unspecified atom stereocenters. The van der Waals surface area contributed by atoms with Crippen LogP contribution in [0.5, 0.6) is 0 Å². The fraction of sp³-hybridized carbons (Fsp3) is 0.316. The fourth-order valence-electron chi connectivity index (χ4n) is 2.89. The zero-order valence-corrected chi connectivity index (χ0v) is 15.1. The van der Waals surface area contributed by atoms with Gasteiger partial charge in [-0.3, -0.25) is 9.59 Å². The van der Waals surface area contributed by atoms with Crippen molar-refractivity contribution in [3.8, 4) is 0 Å². The summed E-state index contributed by atoms with van der Waals surface area (Å²) in [6.07, 6.45) is 1.24. The lowest BCUT2D eigenvalue weighted by Gasteiger charge is -2.27. The summed E-state index contributed by atoms with van der Waals surface area (Å²) in [5.41, 5.74) is 2.24. The number of carbonyl (C=O) groups excluding carboxylic acids is 2. The molecule has 1 aromatic carbocycles. The number of benzene rings is 1. The molecule has 0 bridgehead atoms. The third-order valence-electron chi connectivity index (χ3n) is 4.42. The number of nitrogens with one attached hydrogen (secondary N) is 1. The molecule has 0 radical (unpaired) electrons. The number of fused-ring (bicyclic) bond motifs is 1. The maximum Gasteiger partial charge on any atom is 0.335 e. The molecule has 1 aromatic heterocycles. The highest BCUT2D eigenvalue weighted by molar-refractivity contribution is 7.10. The van der Waals surface area contributed by atoms with Gasteiger partial charge in [0.05, 0.1) is 5.56 Å². The summed E-state index contributed by atoms with van der Waals surface area (Å²) in [4.78, 5) is 38.2. The summed E-state index contributed by atoms with van der Waals surface area (Å²) in [6.45, 7) is 1.66. The smallest absolute Gasteiger partial charge is 0.335 e.